The van der Waals surface area contributed by atoms with Crippen LogP contribution in [0.25, 0.3) is 5.65 Å². The van der Waals surface area contributed by atoms with Gasteiger partial charge in [0.05, 0.1) is 5.69 Å². The lowest BCUT2D eigenvalue weighted by atomic mass is 10.2. The van der Waals surface area contributed by atoms with Crippen molar-refractivity contribution in [1.29, 1.82) is 0 Å². The Bertz CT molecular complexity index is 935. The number of nitrogens with zero attached hydrogens (tertiary/aromatic N) is 2. The smallest absolute Gasteiger partial charge is 0.251 e. The lowest BCUT2D eigenvalue weighted by Gasteiger charge is -2.11. The van der Waals surface area contributed by atoms with Crippen molar-refractivity contribution in [2.75, 3.05) is 6.54 Å². The van der Waals surface area contributed by atoms with Crippen LogP contribution in [-0.2, 0) is 10.5 Å². The fourth-order valence-corrected chi connectivity index (χ4v) is 3.54. The Hall–Kier alpha value is -2.80. The quantitative estimate of drug-likeness (QED) is 0.528. The SMILES string of the molecule is CCC(C)NC(=O)CCNC(=O)c1ccc(SCc2cn3ccccc3n2)cc1. The van der Waals surface area contributed by atoms with Crippen molar-refractivity contribution in [2.45, 2.75) is 43.4 Å². The van der Waals surface area contributed by atoms with Crippen molar-refractivity contribution >= 4 is 29.2 Å². The number of amides is 2. The molecule has 3 rings (SSSR count). The Labute approximate surface area is 175 Å². The number of carbonyl (C=O) groups excluding carboxylic acids is 2. The molecular weight excluding hydrogens is 384 g/mol. The van der Waals surface area contributed by atoms with E-state index in [0.717, 1.165) is 28.4 Å². The summed E-state index contributed by atoms with van der Waals surface area (Å²) in [6.45, 7) is 4.31. The highest BCUT2D eigenvalue weighted by Gasteiger charge is 2.09. The number of rotatable bonds is 9. The minimum Gasteiger partial charge on any atom is -0.354 e. The van der Waals surface area contributed by atoms with Gasteiger partial charge in [0.15, 0.2) is 0 Å². The van der Waals surface area contributed by atoms with Crippen molar-refractivity contribution in [3.8, 4) is 0 Å². The second kappa shape index (κ2) is 10.1. The Kier molecular flexibility index (Phi) is 7.30. The van der Waals surface area contributed by atoms with Crippen LogP contribution in [0.3, 0.4) is 0 Å². The predicted molar refractivity (Wildman–Crippen MR) is 116 cm³/mol. The van der Waals surface area contributed by atoms with Crippen molar-refractivity contribution in [3.63, 3.8) is 0 Å². The number of benzene rings is 1. The Morgan fingerprint density at radius 1 is 1.17 bits per heavy atom. The number of carbonyl (C=O) groups is 2. The second-order valence-corrected chi connectivity index (χ2v) is 7.94. The summed E-state index contributed by atoms with van der Waals surface area (Å²) in [6.07, 6.45) is 5.18. The molecule has 1 aromatic carbocycles. The maximum atomic E-state index is 12.2. The monoisotopic (exact) mass is 410 g/mol. The van der Waals surface area contributed by atoms with Gasteiger partial charge < -0.3 is 15.0 Å². The van der Waals surface area contributed by atoms with E-state index >= 15 is 0 Å². The number of hydrogen-bond acceptors (Lipinski definition) is 4. The molecule has 152 valence electrons. The Balaban J connectivity index is 1.45. The van der Waals surface area contributed by atoms with Gasteiger partial charge in [0.2, 0.25) is 5.91 Å². The molecule has 2 N–H and O–H groups in total. The zero-order valence-electron chi connectivity index (χ0n) is 16.7. The number of aromatic nitrogens is 2. The zero-order valence-corrected chi connectivity index (χ0v) is 17.5. The summed E-state index contributed by atoms with van der Waals surface area (Å²) in [6, 6.07) is 13.6. The Morgan fingerprint density at radius 2 is 1.97 bits per heavy atom. The molecule has 0 radical (unpaired) electrons. The highest BCUT2D eigenvalue weighted by atomic mass is 32.2. The third-order valence-electron chi connectivity index (χ3n) is 4.57. The molecule has 2 aromatic heterocycles. The van der Waals surface area contributed by atoms with Crippen molar-refractivity contribution < 1.29 is 9.59 Å². The maximum Gasteiger partial charge on any atom is 0.251 e. The average Bonchev–Trinajstić information content (AvgIpc) is 3.15. The van der Waals surface area contributed by atoms with E-state index in [1.807, 2.05) is 61.0 Å². The molecule has 0 bridgehead atoms. The summed E-state index contributed by atoms with van der Waals surface area (Å²) >= 11 is 1.68. The Morgan fingerprint density at radius 3 is 2.69 bits per heavy atom. The topological polar surface area (TPSA) is 75.5 Å². The van der Waals surface area contributed by atoms with Gasteiger partial charge in [-0.2, -0.15) is 0 Å². The van der Waals surface area contributed by atoms with Crippen LogP contribution in [0.4, 0.5) is 0 Å². The molecule has 1 unspecified atom stereocenters. The summed E-state index contributed by atoms with van der Waals surface area (Å²) in [7, 11) is 0. The van der Waals surface area contributed by atoms with Gasteiger partial charge in [0.25, 0.3) is 5.91 Å². The lowest BCUT2D eigenvalue weighted by Crippen LogP contribution is -2.35. The van der Waals surface area contributed by atoms with E-state index in [4.69, 9.17) is 0 Å². The highest BCUT2D eigenvalue weighted by Crippen LogP contribution is 2.23. The first-order chi connectivity index (χ1) is 14.0. The van der Waals surface area contributed by atoms with Crippen molar-refractivity contribution in [1.82, 2.24) is 20.0 Å². The number of fused-ring (bicyclic) bond motifs is 1. The maximum absolute atomic E-state index is 12.2. The van der Waals surface area contributed by atoms with E-state index in [9.17, 15) is 9.59 Å². The molecule has 3 aromatic rings. The van der Waals surface area contributed by atoms with Gasteiger partial charge in [-0.05, 0) is 49.7 Å². The summed E-state index contributed by atoms with van der Waals surface area (Å²) in [5.74, 6) is 0.551. The van der Waals surface area contributed by atoms with Crippen LogP contribution in [0.15, 0.2) is 59.8 Å². The number of thioether (sulfide) groups is 1. The van der Waals surface area contributed by atoms with Gasteiger partial charge in [-0.3, -0.25) is 9.59 Å². The van der Waals surface area contributed by atoms with Gasteiger partial charge in [-0.15, -0.1) is 11.8 Å². The number of imidazole rings is 1. The minimum absolute atomic E-state index is 0.0432. The van der Waals surface area contributed by atoms with Crippen LogP contribution < -0.4 is 10.6 Å². The molecule has 0 saturated carbocycles. The van der Waals surface area contributed by atoms with E-state index in [-0.39, 0.29) is 24.3 Å². The van der Waals surface area contributed by atoms with Crippen LogP contribution in [0.2, 0.25) is 0 Å². The van der Waals surface area contributed by atoms with Gasteiger partial charge in [0, 0.05) is 47.6 Å². The summed E-state index contributed by atoms with van der Waals surface area (Å²) < 4.78 is 2.01. The van der Waals surface area contributed by atoms with E-state index < -0.39 is 0 Å². The van der Waals surface area contributed by atoms with Gasteiger partial charge in [0.1, 0.15) is 5.65 Å². The van der Waals surface area contributed by atoms with Gasteiger partial charge in [-0.25, -0.2) is 4.98 Å². The zero-order chi connectivity index (χ0) is 20.6. The largest absolute Gasteiger partial charge is 0.354 e. The van der Waals surface area contributed by atoms with E-state index in [2.05, 4.69) is 15.6 Å². The summed E-state index contributed by atoms with van der Waals surface area (Å²) in [4.78, 5) is 29.6. The van der Waals surface area contributed by atoms with Crippen LogP contribution in [0.1, 0.15) is 42.7 Å². The fourth-order valence-electron chi connectivity index (χ4n) is 2.76. The molecule has 6 nitrogen and oxygen atoms in total. The molecule has 2 heterocycles. The first-order valence-corrected chi connectivity index (χ1v) is 10.8. The minimum atomic E-state index is -0.168. The average molecular weight is 411 g/mol. The lowest BCUT2D eigenvalue weighted by molar-refractivity contribution is -0.121. The molecular formula is C22H26N4O2S. The van der Waals surface area contributed by atoms with Crippen LogP contribution >= 0.6 is 11.8 Å². The molecule has 0 fully saturated rings. The van der Waals surface area contributed by atoms with Crippen LogP contribution in [0, 0.1) is 0 Å². The predicted octanol–water partition coefficient (Wildman–Crippen LogP) is 3.66. The normalized spacial score (nSPS) is 11.9. The third-order valence-corrected chi connectivity index (χ3v) is 5.62. The van der Waals surface area contributed by atoms with E-state index in [1.54, 1.807) is 23.9 Å². The first-order valence-electron chi connectivity index (χ1n) is 9.78. The first kappa shape index (κ1) is 20.9. The molecule has 1 atom stereocenters. The van der Waals surface area contributed by atoms with E-state index in [1.165, 1.54) is 0 Å². The number of hydrogen-bond donors (Lipinski definition) is 2. The third kappa shape index (κ3) is 6.09. The molecule has 0 aliphatic rings. The molecule has 29 heavy (non-hydrogen) atoms. The summed E-state index contributed by atoms with van der Waals surface area (Å²) in [5, 5.41) is 5.68. The molecule has 7 heteroatoms. The van der Waals surface area contributed by atoms with E-state index in [0.29, 0.717) is 12.1 Å². The molecule has 0 spiro atoms. The molecule has 0 aliphatic heterocycles. The number of pyridine rings is 1. The molecule has 2 amide bonds. The van der Waals surface area contributed by atoms with Crippen LogP contribution in [0.5, 0.6) is 0 Å². The van der Waals surface area contributed by atoms with Crippen molar-refractivity contribution in [2.24, 2.45) is 0 Å². The molecule has 0 aliphatic carbocycles. The fraction of sp³-hybridized carbons (Fsp3) is 0.318. The standard InChI is InChI=1S/C22H26N4O2S/c1-3-16(2)24-21(27)11-12-23-22(28)17-7-9-19(10-8-17)29-15-18-14-26-13-5-4-6-20(26)25-18/h4-10,13-14,16H,3,11-12,15H2,1-2H3,(H,23,28)(H,24,27). The second-order valence-electron chi connectivity index (χ2n) is 6.89. The number of nitrogens with one attached hydrogen (secondary N) is 2. The van der Waals surface area contributed by atoms with Gasteiger partial charge in [-0.1, -0.05) is 13.0 Å². The van der Waals surface area contributed by atoms with Crippen LogP contribution in [-0.4, -0.2) is 33.8 Å². The van der Waals surface area contributed by atoms with Crippen molar-refractivity contribution in [3.05, 3.63) is 66.1 Å². The molecule has 0 saturated heterocycles. The highest BCUT2D eigenvalue weighted by molar-refractivity contribution is 7.98. The van der Waals surface area contributed by atoms with Gasteiger partial charge >= 0.3 is 0 Å². The summed E-state index contributed by atoms with van der Waals surface area (Å²) in [5.41, 5.74) is 2.54.